The van der Waals surface area contributed by atoms with Crippen LogP contribution < -0.4 is 4.90 Å². The molecule has 5 nitrogen and oxygen atoms in total. The van der Waals surface area contributed by atoms with Gasteiger partial charge in [-0.15, -0.1) is 16.4 Å². The molecule has 9 aromatic rings. The number of nitrogens with zero attached hydrogens (tertiary/aromatic N) is 4. The summed E-state index contributed by atoms with van der Waals surface area (Å²) in [7, 11) is 0. The number of thiophene rings is 1. The summed E-state index contributed by atoms with van der Waals surface area (Å²) in [5, 5.41) is 23.1. The predicted molar refractivity (Wildman–Crippen MR) is 312 cm³/mol. The van der Waals surface area contributed by atoms with E-state index >= 15 is 0 Å². The molecule has 6 aromatic carbocycles. The van der Waals surface area contributed by atoms with Crippen molar-refractivity contribution in [3.63, 3.8) is 0 Å². The van der Waals surface area contributed by atoms with Gasteiger partial charge in [0, 0.05) is 38.2 Å². The third-order valence-electron chi connectivity index (χ3n) is 14.1. The van der Waals surface area contributed by atoms with Crippen molar-refractivity contribution in [3.8, 4) is 61.0 Å². The van der Waals surface area contributed by atoms with Crippen LogP contribution >= 0.6 is 11.3 Å². The highest BCUT2D eigenvalue weighted by Gasteiger charge is 2.29. The van der Waals surface area contributed by atoms with Crippen LogP contribution in [0.25, 0.3) is 65.3 Å². The molecule has 0 radical (unpaired) electrons. The van der Waals surface area contributed by atoms with Gasteiger partial charge in [-0.3, -0.25) is 4.90 Å². The molecule has 0 atom stereocenters. The number of aromatic nitrogens is 3. The fourth-order valence-corrected chi connectivity index (χ4v) is 10.5. The molecule has 0 amide bonds. The van der Waals surface area contributed by atoms with Crippen LogP contribution in [0.4, 0.5) is 17.2 Å². The Morgan fingerprint density at radius 1 is 0.452 bits per heavy atom. The van der Waals surface area contributed by atoms with Crippen molar-refractivity contribution in [2.75, 3.05) is 4.90 Å². The van der Waals surface area contributed by atoms with E-state index in [4.69, 9.17) is 10.1 Å². The Bertz CT molecular complexity index is 3440. The molecule has 3 aromatic heterocycles. The zero-order valence-electron chi connectivity index (χ0n) is 45.7. The van der Waals surface area contributed by atoms with Gasteiger partial charge in [-0.05, 0) is 114 Å². The topological polar surface area (TPSA) is 62.1 Å². The summed E-state index contributed by atoms with van der Waals surface area (Å²) in [5.41, 5.74) is 15.6. The number of fused-ring (bicyclic) bond motifs is 1. The summed E-state index contributed by atoms with van der Waals surface area (Å²) >= 11 is 1.74. The molecule has 0 aliphatic rings. The lowest BCUT2D eigenvalue weighted by atomic mass is 9.78. The summed E-state index contributed by atoms with van der Waals surface area (Å²) in [6.45, 7) is 33.7. The molecule has 0 spiro atoms. The third-order valence-corrected chi connectivity index (χ3v) is 15.2. The number of anilines is 3. The molecule has 0 unspecified atom stereocenters. The van der Waals surface area contributed by atoms with Crippen molar-refractivity contribution < 1.29 is 5.11 Å². The van der Waals surface area contributed by atoms with Crippen LogP contribution in [0.15, 0.2) is 158 Å². The maximum atomic E-state index is 12.6. The molecular formula is C67H72N4OS. The van der Waals surface area contributed by atoms with E-state index in [1.807, 2.05) is 6.20 Å². The number of hydrogen-bond donors (Lipinski definition) is 1. The van der Waals surface area contributed by atoms with Crippen molar-refractivity contribution in [1.82, 2.24) is 15.2 Å². The van der Waals surface area contributed by atoms with Crippen LogP contribution in [-0.2, 0) is 27.1 Å². The molecule has 0 saturated heterocycles. The normalized spacial score (nSPS) is 12.6. The van der Waals surface area contributed by atoms with Crippen molar-refractivity contribution in [3.05, 3.63) is 186 Å². The molecule has 73 heavy (non-hydrogen) atoms. The van der Waals surface area contributed by atoms with Gasteiger partial charge in [0.1, 0.15) is 17.3 Å². The summed E-state index contributed by atoms with van der Waals surface area (Å²) in [4.78, 5) is 9.18. The molecule has 0 saturated carbocycles. The SMILES string of the molecule is CC(C)(C)c1ccc(-c2cc3c(-c4cccc(N(c5cc(-c6cc(C(C)(C)C)cc(C(C)(C)C)c6)cc(-c6cc(C(C)(C)C)cc(C(C)(C)C)c6O)n5)c5ccccc5-c5ccccc5)c4)nncc3s2)cc1. The van der Waals surface area contributed by atoms with E-state index < -0.39 is 0 Å². The molecule has 1 N–H and O–H groups in total. The van der Waals surface area contributed by atoms with E-state index in [-0.39, 0.29) is 32.8 Å². The van der Waals surface area contributed by atoms with Crippen molar-refractivity contribution in [2.24, 2.45) is 0 Å². The minimum Gasteiger partial charge on any atom is -0.507 e. The molecule has 372 valence electrons. The van der Waals surface area contributed by atoms with Gasteiger partial charge in [-0.25, -0.2) is 4.98 Å². The minimum atomic E-state index is -0.337. The van der Waals surface area contributed by atoms with E-state index in [9.17, 15) is 5.11 Å². The van der Waals surface area contributed by atoms with E-state index in [0.29, 0.717) is 17.1 Å². The van der Waals surface area contributed by atoms with Gasteiger partial charge in [0.2, 0.25) is 0 Å². The van der Waals surface area contributed by atoms with Crippen molar-refractivity contribution in [1.29, 1.82) is 0 Å². The average molecular weight is 981 g/mol. The molecule has 3 heterocycles. The van der Waals surface area contributed by atoms with Crippen molar-refractivity contribution >= 4 is 38.6 Å². The van der Waals surface area contributed by atoms with E-state index in [0.717, 1.165) is 66.1 Å². The summed E-state index contributed by atoms with van der Waals surface area (Å²) in [6, 6.07) is 54.8. The number of phenolic OH excluding ortho intramolecular Hbond substituents is 1. The lowest BCUT2D eigenvalue weighted by Crippen LogP contribution is -2.17. The lowest BCUT2D eigenvalue weighted by Gasteiger charge is -2.30. The number of hydrogen-bond acceptors (Lipinski definition) is 6. The summed E-state index contributed by atoms with van der Waals surface area (Å²) in [6.07, 6.45) is 1.88. The van der Waals surface area contributed by atoms with Crippen molar-refractivity contribution in [2.45, 2.75) is 131 Å². The number of phenols is 1. The van der Waals surface area contributed by atoms with Gasteiger partial charge in [-0.2, -0.15) is 5.10 Å². The van der Waals surface area contributed by atoms with Gasteiger partial charge in [0.15, 0.2) is 0 Å². The molecule has 6 heteroatoms. The minimum absolute atomic E-state index is 0.0701. The van der Waals surface area contributed by atoms with E-state index in [1.54, 1.807) is 11.3 Å². The Balaban J connectivity index is 1.33. The first-order valence-corrected chi connectivity index (χ1v) is 26.5. The molecule has 0 aliphatic heterocycles. The average Bonchev–Trinajstić information content (AvgIpc) is 3.78. The Morgan fingerprint density at radius 2 is 1.04 bits per heavy atom. The molecule has 0 bridgehead atoms. The standard InChI is InChI=1S/C67H72N4OS/c1-63(2,3)47-30-28-43(29-31-47)58-40-54-59(73-58)41-68-70-61(54)44-24-21-25-51(34-44)71(57-27-20-19-26-52(57)42-22-17-16-18-23-42)60-36-46(45-32-48(64(4,5)6)37-49(33-45)65(7,8)9)35-56(69-60)53-38-50(66(10,11)12)39-55(62(53)72)67(13,14)15/h16-41,72H,1-15H3. The van der Waals surface area contributed by atoms with Crippen LogP contribution in [0.3, 0.4) is 0 Å². The maximum Gasteiger partial charge on any atom is 0.138 e. The predicted octanol–water partition coefficient (Wildman–Crippen LogP) is 19.1. The fraction of sp³-hybridized carbons (Fsp3) is 0.299. The van der Waals surface area contributed by atoms with Crippen LogP contribution in [0.2, 0.25) is 0 Å². The molecular weight excluding hydrogens is 909 g/mol. The van der Waals surface area contributed by atoms with E-state index in [1.165, 1.54) is 27.1 Å². The third kappa shape index (κ3) is 10.6. The highest BCUT2D eigenvalue weighted by Crippen LogP contribution is 2.48. The van der Waals surface area contributed by atoms with Crippen LogP contribution in [0, 0.1) is 0 Å². The number of para-hydroxylation sites is 1. The second-order valence-electron chi connectivity index (χ2n) is 25.0. The number of benzene rings is 6. The van der Waals surface area contributed by atoms with Crippen LogP contribution in [0.1, 0.15) is 132 Å². The van der Waals surface area contributed by atoms with Gasteiger partial charge >= 0.3 is 0 Å². The zero-order valence-corrected chi connectivity index (χ0v) is 46.5. The van der Waals surface area contributed by atoms with Gasteiger partial charge in [-0.1, -0.05) is 213 Å². The Hall–Kier alpha value is -6.89. The molecule has 0 aliphatic carbocycles. The first-order chi connectivity index (χ1) is 34.2. The fourth-order valence-electron chi connectivity index (χ4n) is 9.52. The maximum absolute atomic E-state index is 12.6. The number of aromatic hydroxyl groups is 1. The lowest BCUT2D eigenvalue weighted by molar-refractivity contribution is 0.446. The monoisotopic (exact) mass is 981 g/mol. The summed E-state index contributed by atoms with van der Waals surface area (Å²) < 4.78 is 1.08. The van der Waals surface area contributed by atoms with Gasteiger partial charge in [0.25, 0.3) is 0 Å². The zero-order chi connectivity index (χ0) is 52.4. The second kappa shape index (κ2) is 18.9. The molecule has 9 rings (SSSR count). The number of pyridine rings is 1. The largest absolute Gasteiger partial charge is 0.507 e. The van der Waals surface area contributed by atoms with E-state index in [2.05, 4.69) is 266 Å². The van der Waals surface area contributed by atoms with Crippen LogP contribution in [-0.4, -0.2) is 20.3 Å². The quantitative estimate of drug-likeness (QED) is 0.164. The highest BCUT2D eigenvalue weighted by atomic mass is 32.1. The Labute approximate surface area is 439 Å². The highest BCUT2D eigenvalue weighted by molar-refractivity contribution is 7.22. The van der Waals surface area contributed by atoms with Gasteiger partial charge in [0.05, 0.1) is 22.3 Å². The van der Waals surface area contributed by atoms with Gasteiger partial charge < -0.3 is 5.11 Å². The molecule has 0 fully saturated rings. The number of rotatable bonds is 8. The smallest absolute Gasteiger partial charge is 0.138 e. The summed E-state index contributed by atoms with van der Waals surface area (Å²) in [5.74, 6) is 0.963. The Kier molecular flexibility index (Phi) is 13.2. The second-order valence-corrected chi connectivity index (χ2v) is 26.1. The first-order valence-electron chi connectivity index (χ1n) is 25.7. The Morgan fingerprint density at radius 3 is 1.67 bits per heavy atom. The van der Waals surface area contributed by atoms with Crippen LogP contribution in [0.5, 0.6) is 5.75 Å². The first kappa shape index (κ1) is 51.0.